The van der Waals surface area contributed by atoms with Gasteiger partial charge in [0.15, 0.2) is 0 Å². The number of benzene rings is 2. The summed E-state index contributed by atoms with van der Waals surface area (Å²) in [5.41, 5.74) is 3.13. The lowest BCUT2D eigenvalue weighted by Gasteiger charge is -2.10. The van der Waals surface area contributed by atoms with Crippen LogP contribution in [0, 0.1) is 0 Å². The maximum atomic E-state index is 11.4. The van der Waals surface area contributed by atoms with Crippen molar-refractivity contribution in [3.05, 3.63) is 70.2 Å². The molecule has 0 spiro atoms. The fourth-order valence-electron chi connectivity index (χ4n) is 2.10. The predicted octanol–water partition coefficient (Wildman–Crippen LogP) is 3.35. The topological polar surface area (TPSA) is 38.3 Å². The molecule has 0 aliphatic heterocycles. The van der Waals surface area contributed by atoms with Crippen molar-refractivity contribution < 1.29 is 9.53 Å². The molecule has 0 aliphatic carbocycles. The summed E-state index contributed by atoms with van der Waals surface area (Å²) in [7, 11) is 1.40. The Morgan fingerprint density at radius 1 is 1.00 bits per heavy atom. The first-order valence-corrected chi connectivity index (χ1v) is 7.16. The van der Waals surface area contributed by atoms with Gasteiger partial charge in [0.25, 0.3) is 0 Å². The fraction of sp³-hybridized carbons (Fsp3) is 0.235. The van der Waals surface area contributed by atoms with Crippen LogP contribution in [0.2, 0.25) is 5.02 Å². The summed E-state index contributed by atoms with van der Waals surface area (Å²) >= 11 is 6.12. The quantitative estimate of drug-likeness (QED) is 0.832. The molecular weight excluding hydrogens is 286 g/mol. The van der Waals surface area contributed by atoms with Crippen molar-refractivity contribution in [1.29, 1.82) is 0 Å². The summed E-state index contributed by atoms with van der Waals surface area (Å²) in [6.07, 6.45) is 0.292. The van der Waals surface area contributed by atoms with Crippen LogP contribution in [0.4, 0.5) is 0 Å². The molecular formula is C17H18ClNO2. The third kappa shape index (κ3) is 4.59. The van der Waals surface area contributed by atoms with Gasteiger partial charge < -0.3 is 10.1 Å². The average Bonchev–Trinajstić information content (AvgIpc) is 2.50. The molecule has 1 N–H and O–H groups in total. The van der Waals surface area contributed by atoms with E-state index >= 15 is 0 Å². The van der Waals surface area contributed by atoms with E-state index in [1.807, 2.05) is 48.5 Å². The first-order valence-electron chi connectivity index (χ1n) is 6.78. The van der Waals surface area contributed by atoms with E-state index in [4.69, 9.17) is 16.3 Å². The number of hydrogen-bond donors (Lipinski definition) is 1. The zero-order chi connectivity index (χ0) is 15.1. The van der Waals surface area contributed by atoms with E-state index in [1.165, 1.54) is 7.11 Å². The third-order valence-corrected chi connectivity index (χ3v) is 3.64. The Morgan fingerprint density at radius 3 is 2.24 bits per heavy atom. The van der Waals surface area contributed by atoms with Crippen molar-refractivity contribution in [3.8, 4) is 0 Å². The Kier molecular flexibility index (Phi) is 5.78. The zero-order valence-corrected chi connectivity index (χ0v) is 12.7. The molecule has 21 heavy (non-hydrogen) atoms. The number of rotatable bonds is 6. The molecule has 0 saturated carbocycles. The number of halogens is 1. The van der Waals surface area contributed by atoms with Crippen LogP contribution < -0.4 is 5.32 Å². The predicted molar refractivity (Wildman–Crippen MR) is 84.2 cm³/mol. The van der Waals surface area contributed by atoms with Gasteiger partial charge in [-0.15, -0.1) is 0 Å². The molecule has 0 heterocycles. The highest BCUT2D eigenvalue weighted by molar-refractivity contribution is 6.31. The van der Waals surface area contributed by atoms with Crippen LogP contribution in [0.3, 0.4) is 0 Å². The Bertz CT molecular complexity index is 613. The van der Waals surface area contributed by atoms with Gasteiger partial charge in [0.1, 0.15) is 0 Å². The normalized spacial score (nSPS) is 10.4. The number of carbonyl (C=O) groups is 1. The Hall–Kier alpha value is -1.84. The number of nitrogens with one attached hydrogen (secondary N) is 1. The van der Waals surface area contributed by atoms with Crippen molar-refractivity contribution in [1.82, 2.24) is 5.32 Å². The number of methoxy groups -OCH3 is 1. The molecule has 110 valence electrons. The molecule has 2 aromatic carbocycles. The summed E-state index contributed by atoms with van der Waals surface area (Å²) in [4.78, 5) is 11.4. The van der Waals surface area contributed by atoms with Gasteiger partial charge >= 0.3 is 5.97 Å². The molecule has 0 atom stereocenters. The standard InChI is InChI=1S/C17H18ClNO2/c1-21-17(20)10-13-6-2-3-7-14(13)11-19-12-15-8-4-5-9-16(15)18/h2-9,19H,10-12H2,1H3. The van der Waals surface area contributed by atoms with E-state index in [2.05, 4.69) is 5.32 Å². The van der Waals surface area contributed by atoms with Gasteiger partial charge in [-0.1, -0.05) is 54.1 Å². The minimum absolute atomic E-state index is 0.228. The van der Waals surface area contributed by atoms with Crippen molar-refractivity contribution in [3.63, 3.8) is 0 Å². The molecule has 2 aromatic rings. The highest BCUT2D eigenvalue weighted by atomic mass is 35.5. The number of hydrogen-bond acceptors (Lipinski definition) is 3. The van der Waals surface area contributed by atoms with E-state index in [1.54, 1.807) is 0 Å². The molecule has 0 amide bonds. The maximum Gasteiger partial charge on any atom is 0.309 e. The zero-order valence-electron chi connectivity index (χ0n) is 11.9. The summed E-state index contributed by atoms with van der Waals surface area (Å²) in [6, 6.07) is 15.6. The molecule has 2 rings (SSSR count). The van der Waals surface area contributed by atoms with Gasteiger partial charge in [0.05, 0.1) is 13.5 Å². The number of carbonyl (C=O) groups excluding carboxylic acids is 1. The molecule has 0 bridgehead atoms. The van der Waals surface area contributed by atoms with Crippen LogP contribution in [0.15, 0.2) is 48.5 Å². The fourth-order valence-corrected chi connectivity index (χ4v) is 2.31. The van der Waals surface area contributed by atoms with E-state index in [9.17, 15) is 4.79 Å². The van der Waals surface area contributed by atoms with Gasteiger partial charge in [-0.3, -0.25) is 4.79 Å². The smallest absolute Gasteiger partial charge is 0.309 e. The molecule has 0 unspecified atom stereocenters. The van der Waals surface area contributed by atoms with Crippen LogP contribution in [-0.2, 0) is 29.0 Å². The Morgan fingerprint density at radius 2 is 1.57 bits per heavy atom. The highest BCUT2D eigenvalue weighted by Crippen LogP contribution is 2.15. The highest BCUT2D eigenvalue weighted by Gasteiger charge is 2.07. The second-order valence-electron chi connectivity index (χ2n) is 4.72. The third-order valence-electron chi connectivity index (χ3n) is 3.27. The average molecular weight is 304 g/mol. The van der Waals surface area contributed by atoms with Gasteiger partial charge in [-0.05, 0) is 22.8 Å². The molecule has 0 fully saturated rings. The van der Waals surface area contributed by atoms with E-state index in [-0.39, 0.29) is 5.97 Å². The van der Waals surface area contributed by atoms with Gasteiger partial charge in [0.2, 0.25) is 0 Å². The van der Waals surface area contributed by atoms with Gasteiger partial charge in [0, 0.05) is 18.1 Å². The first kappa shape index (κ1) is 15.5. The Balaban J connectivity index is 1.97. The van der Waals surface area contributed by atoms with Crippen LogP contribution in [0.25, 0.3) is 0 Å². The lowest BCUT2D eigenvalue weighted by molar-refractivity contribution is -0.139. The lowest BCUT2D eigenvalue weighted by atomic mass is 10.0. The molecule has 4 heteroatoms. The van der Waals surface area contributed by atoms with Gasteiger partial charge in [-0.2, -0.15) is 0 Å². The first-order chi connectivity index (χ1) is 10.2. The van der Waals surface area contributed by atoms with Crippen LogP contribution in [0.5, 0.6) is 0 Å². The van der Waals surface area contributed by atoms with Crippen LogP contribution in [-0.4, -0.2) is 13.1 Å². The summed E-state index contributed by atoms with van der Waals surface area (Å²) in [6.45, 7) is 1.37. The van der Waals surface area contributed by atoms with E-state index < -0.39 is 0 Å². The van der Waals surface area contributed by atoms with E-state index in [0.717, 1.165) is 21.7 Å². The number of esters is 1. The van der Waals surface area contributed by atoms with E-state index in [0.29, 0.717) is 19.5 Å². The van der Waals surface area contributed by atoms with Crippen molar-refractivity contribution >= 4 is 17.6 Å². The second kappa shape index (κ2) is 7.81. The molecule has 0 saturated heterocycles. The van der Waals surface area contributed by atoms with Crippen molar-refractivity contribution in [2.45, 2.75) is 19.5 Å². The molecule has 0 aliphatic rings. The van der Waals surface area contributed by atoms with Crippen molar-refractivity contribution in [2.75, 3.05) is 7.11 Å². The largest absolute Gasteiger partial charge is 0.469 e. The molecule has 0 aromatic heterocycles. The summed E-state index contributed by atoms with van der Waals surface area (Å²) < 4.78 is 4.72. The van der Waals surface area contributed by atoms with Crippen LogP contribution >= 0.6 is 11.6 Å². The summed E-state index contributed by atoms with van der Waals surface area (Å²) in [5.74, 6) is -0.228. The van der Waals surface area contributed by atoms with Crippen molar-refractivity contribution in [2.24, 2.45) is 0 Å². The number of ether oxygens (including phenoxy) is 1. The maximum absolute atomic E-state index is 11.4. The van der Waals surface area contributed by atoms with Gasteiger partial charge in [-0.25, -0.2) is 0 Å². The molecule has 0 radical (unpaired) electrons. The lowest BCUT2D eigenvalue weighted by Crippen LogP contribution is -2.15. The summed E-state index contributed by atoms with van der Waals surface area (Å²) in [5, 5.41) is 4.11. The SMILES string of the molecule is COC(=O)Cc1ccccc1CNCc1ccccc1Cl. The monoisotopic (exact) mass is 303 g/mol. The minimum atomic E-state index is -0.228. The molecule has 3 nitrogen and oxygen atoms in total. The minimum Gasteiger partial charge on any atom is -0.469 e. The van der Waals surface area contributed by atoms with Crippen LogP contribution in [0.1, 0.15) is 16.7 Å². The second-order valence-corrected chi connectivity index (χ2v) is 5.12. The Labute approximate surface area is 129 Å².